The number of aliphatic hydroxyl groups excluding tert-OH is 1. The zero-order chi connectivity index (χ0) is 36.9. The van der Waals surface area contributed by atoms with Crippen LogP contribution in [0.2, 0.25) is 0 Å². The number of benzene rings is 2. The fourth-order valence-corrected chi connectivity index (χ4v) is 6.24. The Kier molecular flexibility index (Phi) is 10.4. The minimum Gasteiger partial charge on any atom is -0.494 e. The molecule has 13 heteroatoms. The molecule has 1 amide bonds. The summed E-state index contributed by atoms with van der Waals surface area (Å²) >= 11 is 0. The molecule has 2 aromatic carbocycles. The van der Waals surface area contributed by atoms with Gasteiger partial charge >= 0.3 is 5.69 Å². The highest BCUT2D eigenvalue weighted by molar-refractivity contribution is 5.85. The number of anilines is 1. The first-order valence-electron chi connectivity index (χ1n) is 17.1. The van der Waals surface area contributed by atoms with Gasteiger partial charge in [-0.25, -0.2) is 4.79 Å². The van der Waals surface area contributed by atoms with E-state index < -0.39 is 29.7 Å². The second-order valence-electron chi connectivity index (χ2n) is 13.0. The molecule has 0 unspecified atom stereocenters. The lowest BCUT2D eigenvalue weighted by molar-refractivity contribution is -0.120. The normalized spacial score (nSPS) is 20.0. The van der Waals surface area contributed by atoms with Crippen molar-refractivity contribution in [3.05, 3.63) is 91.8 Å². The van der Waals surface area contributed by atoms with Crippen molar-refractivity contribution in [2.24, 2.45) is 10.2 Å². The Labute approximate surface area is 292 Å². The Hall–Kier alpha value is -5.32. The lowest BCUT2D eigenvalue weighted by Gasteiger charge is -2.43. The third-order valence-corrected chi connectivity index (χ3v) is 8.83. The van der Waals surface area contributed by atoms with E-state index in [1.807, 2.05) is 32.0 Å². The van der Waals surface area contributed by atoms with Gasteiger partial charge in [0.05, 0.1) is 36.0 Å². The van der Waals surface area contributed by atoms with E-state index in [1.54, 1.807) is 25.3 Å². The summed E-state index contributed by atoms with van der Waals surface area (Å²) in [7, 11) is 1.57. The zero-order valence-electron chi connectivity index (χ0n) is 29.9. The summed E-state index contributed by atoms with van der Waals surface area (Å²) in [6, 6.07) is 11.5. The average molecular weight is 683 g/mol. The number of aromatic amines is 1. The monoisotopic (exact) mass is 682 g/mol. The van der Waals surface area contributed by atoms with E-state index in [0.717, 1.165) is 22.4 Å². The molecule has 0 saturated carbocycles. The van der Waals surface area contributed by atoms with Crippen molar-refractivity contribution in [3.63, 3.8) is 0 Å². The molecule has 50 heavy (non-hydrogen) atoms. The molecule has 13 nitrogen and oxygen atoms in total. The molecule has 1 aromatic heterocycles. The van der Waals surface area contributed by atoms with Gasteiger partial charge in [0.15, 0.2) is 0 Å². The van der Waals surface area contributed by atoms with Crippen LogP contribution in [0.25, 0.3) is 11.6 Å². The Balaban J connectivity index is 1.22. The van der Waals surface area contributed by atoms with Crippen molar-refractivity contribution in [1.82, 2.24) is 14.9 Å². The largest absolute Gasteiger partial charge is 0.494 e. The van der Waals surface area contributed by atoms with Gasteiger partial charge < -0.3 is 24.8 Å². The fourth-order valence-electron chi connectivity index (χ4n) is 6.24. The van der Waals surface area contributed by atoms with Gasteiger partial charge in [0.25, 0.3) is 5.56 Å². The van der Waals surface area contributed by atoms with Gasteiger partial charge in [-0.15, -0.1) is 10.2 Å². The van der Waals surface area contributed by atoms with Gasteiger partial charge in [-0.3, -0.25) is 19.1 Å². The lowest BCUT2D eigenvalue weighted by Crippen LogP contribution is -2.45. The van der Waals surface area contributed by atoms with Crippen LogP contribution in [0.1, 0.15) is 76.8 Å². The number of allylic oxidation sites excluding steroid dienone is 1. The number of hydrogen-bond acceptors (Lipinski definition) is 10. The van der Waals surface area contributed by atoms with Gasteiger partial charge in [0, 0.05) is 50.8 Å². The number of carbonyl (C=O) groups is 1. The summed E-state index contributed by atoms with van der Waals surface area (Å²) in [6.45, 7) is 8.80. The molecule has 2 aliphatic heterocycles. The number of azo groups is 1. The molecule has 3 aromatic rings. The van der Waals surface area contributed by atoms with Crippen LogP contribution in [0, 0.1) is 18.3 Å². The maximum atomic E-state index is 12.8. The smallest absolute Gasteiger partial charge is 0.330 e. The van der Waals surface area contributed by atoms with E-state index in [9.17, 15) is 24.8 Å². The number of H-pyrrole nitrogens is 1. The summed E-state index contributed by atoms with van der Waals surface area (Å²) < 4.78 is 20.0. The Bertz CT molecular complexity index is 2040. The van der Waals surface area contributed by atoms with Crippen molar-refractivity contribution < 1.29 is 20.7 Å². The van der Waals surface area contributed by atoms with E-state index in [0.29, 0.717) is 35.7 Å². The van der Waals surface area contributed by atoms with Crippen LogP contribution in [0.15, 0.2) is 68.5 Å². The van der Waals surface area contributed by atoms with Gasteiger partial charge in [-0.2, -0.15) is 5.26 Å². The molecule has 1 fully saturated rings. The summed E-state index contributed by atoms with van der Waals surface area (Å²) in [5.41, 5.74) is 3.98. The van der Waals surface area contributed by atoms with Crippen LogP contribution in [0.5, 0.6) is 5.75 Å². The van der Waals surface area contributed by atoms with Crippen molar-refractivity contribution >= 4 is 34.6 Å². The molecule has 0 radical (unpaired) electrons. The molecule has 0 bridgehead atoms. The number of carbonyl (C=O) groups excluding carboxylic acids is 1. The van der Waals surface area contributed by atoms with Crippen LogP contribution in [-0.2, 0) is 9.53 Å². The quantitative estimate of drug-likeness (QED) is 0.225. The second-order valence-corrected chi connectivity index (χ2v) is 13.0. The maximum Gasteiger partial charge on any atom is 0.330 e. The lowest BCUT2D eigenvalue weighted by atomic mass is 9.88. The molecule has 0 aliphatic carbocycles. The number of methoxy groups -OCH3 is 1. The number of nitrogens with zero attached hydrogens (tertiary/aromatic N) is 5. The summed E-state index contributed by atoms with van der Waals surface area (Å²) in [5, 5.41) is 31.3. The van der Waals surface area contributed by atoms with Crippen LogP contribution in [0.4, 0.5) is 17.1 Å². The number of hydrogen-bond donors (Lipinski definition) is 3. The number of aryl methyl sites for hydroxylation is 1. The van der Waals surface area contributed by atoms with Crippen LogP contribution in [-0.4, -0.2) is 58.5 Å². The van der Waals surface area contributed by atoms with Crippen LogP contribution < -0.4 is 26.2 Å². The molecular weight excluding hydrogens is 638 g/mol. The number of amides is 1. The molecule has 3 atom stereocenters. The van der Waals surface area contributed by atoms with E-state index >= 15 is 0 Å². The molecule has 5 rings (SSSR count). The SMILES string of the molecule is [2H]C[C@H]1O[C@@H](n2cc(/C=C/CNC(=O)CCCN3c4cc(OC)c(N=Nc5ccc(C)cc5C#N)cc4C(C)=CC3(C)C)c(=O)[nH]c2=O)C[C@H]1O. The third kappa shape index (κ3) is 7.93. The van der Waals surface area contributed by atoms with E-state index in [1.165, 1.54) is 16.8 Å². The highest BCUT2D eigenvalue weighted by atomic mass is 16.5. The highest BCUT2D eigenvalue weighted by Gasteiger charge is 2.33. The van der Waals surface area contributed by atoms with Gasteiger partial charge in [-0.1, -0.05) is 24.3 Å². The molecule has 1 saturated heterocycles. The van der Waals surface area contributed by atoms with Crippen molar-refractivity contribution in [1.29, 1.82) is 5.26 Å². The van der Waals surface area contributed by atoms with Gasteiger partial charge in [0.1, 0.15) is 29.4 Å². The third-order valence-electron chi connectivity index (χ3n) is 8.83. The number of nitriles is 1. The second kappa shape index (κ2) is 15.1. The first-order valence-corrected chi connectivity index (χ1v) is 16.4. The van der Waals surface area contributed by atoms with E-state index in [2.05, 4.69) is 51.4 Å². The molecule has 2 aliphatic rings. The summed E-state index contributed by atoms with van der Waals surface area (Å²) in [4.78, 5) is 42.0. The minimum absolute atomic E-state index is 0.130. The molecule has 0 spiro atoms. The number of fused-ring (bicyclic) bond motifs is 1. The molecule has 262 valence electrons. The Morgan fingerprint density at radius 3 is 2.76 bits per heavy atom. The van der Waals surface area contributed by atoms with Crippen molar-refractivity contribution in [2.75, 3.05) is 25.1 Å². The molecule has 3 N–H and O–H groups in total. The fraction of sp³-hybridized carbons (Fsp3) is 0.405. The molecule has 3 heterocycles. The average Bonchev–Trinajstić information content (AvgIpc) is 3.47. The number of ether oxygens (including phenoxy) is 2. The number of aromatic nitrogens is 2. The standard InChI is InChI=1S/C37H43N7O6/c1-22-11-12-28(26(15-22)20-38)41-42-29-16-27-23(2)19-37(4,5)44(30(27)17-32(29)49-6)14-8-10-33(46)39-13-7-9-25-21-43(36(48)40-35(25)47)34-18-31(45)24(3)50-34/h7,9,11-12,15-17,19,21,24,31,34,45H,8,10,13-14,18H2,1-6H3,(H,39,46)(H,40,47,48)/b9-7+,42-41?/t24-,31-,34-/m1/s1/i3D. The Morgan fingerprint density at radius 1 is 1.26 bits per heavy atom. The van der Waals surface area contributed by atoms with Crippen LogP contribution in [0.3, 0.4) is 0 Å². The first kappa shape index (κ1) is 34.5. The highest BCUT2D eigenvalue weighted by Crippen LogP contribution is 2.45. The number of rotatable bonds is 11. The predicted octanol–water partition coefficient (Wildman–Crippen LogP) is 5.42. The van der Waals surface area contributed by atoms with E-state index in [4.69, 9.17) is 10.8 Å². The van der Waals surface area contributed by atoms with Crippen molar-refractivity contribution in [2.45, 2.75) is 77.8 Å². The summed E-state index contributed by atoms with van der Waals surface area (Å²) in [6.07, 6.45) is 5.25. The maximum absolute atomic E-state index is 12.8. The Morgan fingerprint density at radius 2 is 2.04 bits per heavy atom. The zero-order valence-corrected chi connectivity index (χ0v) is 28.9. The first-order chi connectivity index (χ1) is 24.3. The van der Waals surface area contributed by atoms with Gasteiger partial charge in [-0.05, 0) is 70.4 Å². The number of nitrogens with one attached hydrogen (secondary N) is 2. The topological polar surface area (TPSA) is 174 Å². The van der Waals surface area contributed by atoms with E-state index in [-0.39, 0.29) is 43.3 Å². The van der Waals surface area contributed by atoms with Crippen molar-refractivity contribution in [3.8, 4) is 11.8 Å². The number of aliphatic hydroxyl groups is 1. The minimum atomic E-state index is -0.875. The molecular formula is C37H43N7O6. The summed E-state index contributed by atoms with van der Waals surface area (Å²) in [5.74, 6) is 0.374. The van der Waals surface area contributed by atoms with Crippen LogP contribution >= 0.6 is 0 Å². The predicted molar refractivity (Wildman–Crippen MR) is 191 cm³/mol. The van der Waals surface area contributed by atoms with Gasteiger partial charge in [0.2, 0.25) is 5.91 Å².